The summed E-state index contributed by atoms with van der Waals surface area (Å²) in [6, 6.07) is 0. The second-order valence-corrected chi connectivity index (χ2v) is 6.84. The van der Waals surface area contributed by atoms with Crippen LogP contribution in [0.1, 0.15) is 80.1 Å². The first-order valence-corrected chi connectivity index (χ1v) is 8.41. The monoisotopic (exact) mass is 280 g/mol. The van der Waals surface area contributed by atoms with Gasteiger partial charge in [-0.1, -0.05) is 40.5 Å². The maximum absolute atomic E-state index is 4.63. The smallest absolute Gasteiger partial charge is 0.0388 e. The zero-order chi connectivity index (χ0) is 15.4. The molecule has 2 nitrogen and oxygen atoms in total. The molecule has 2 heteroatoms. The fourth-order valence-electron chi connectivity index (χ4n) is 2.43. The molecule has 118 valence electrons. The number of rotatable bonds is 11. The Kier molecular flexibility index (Phi) is 11.7. The van der Waals surface area contributed by atoms with Crippen LogP contribution in [-0.2, 0) is 0 Å². The maximum atomic E-state index is 4.63. The van der Waals surface area contributed by atoms with E-state index in [2.05, 4.69) is 51.5 Å². The van der Waals surface area contributed by atoms with Crippen molar-refractivity contribution in [3.63, 3.8) is 0 Å². The second kappa shape index (κ2) is 12.1. The molecule has 0 heterocycles. The van der Waals surface area contributed by atoms with Crippen LogP contribution < -0.4 is 0 Å². The van der Waals surface area contributed by atoms with Gasteiger partial charge in [-0.15, -0.1) is 0 Å². The largest absolute Gasteiger partial charge is 0.294 e. The Morgan fingerprint density at radius 1 is 0.650 bits per heavy atom. The van der Waals surface area contributed by atoms with Gasteiger partial charge in [0, 0.05) is 24.5 Å². The molecule has 0 aliphatic carbocycles. The molecule has 0 bridgehead atoms. The van der Waals surface area contributed by atoms with E-state index in [0.29, 0.717) is 0 Å². The molecule has 0 spiro atoms. The highest BCUT2D eigenvalue weighted by Gasteiger charge is 1.97. The third-order valence-corrected chi connectivity index (χ3v) is 3.24. The molecule has 0 fully saturated rings. The molecule has 20 heavy (non-hydrogen) atoms. The summed E-state index contributed by atoms with van der Waals surface area (Å²) in [4.78, 5) is 9.26. The van der Waals surface area contributed by atoms with Crippen LogP contribution >= 0.6 is 0 Å². The predicted octanol–water partition coefficient (Wildman–Crippen LogP) is 5.56. The summed E-state index contributed by atoms with van der Waals surface area (Å²) in [5.74, 6) is 1.45. The Morgan fingerprint density at radius 2 is 1.00 bits per heavy atom. The molecule has 0 atom stereocenters. The van der Waals surface area contributed by atoms with Crippen molar-refractivity contribution in [1.82, 2.24) is 0 Å². The van der Waals surface area contributed by atoms with E-state index in [1.165, 1.54) is 37.1 Å². The quantitative estimate of drug-likeness (QED) is 0.349. The molecule has 0 saturated carbocycles. The SMILES string of the molecule is C/C(CC(C)C)=N/CCCCCC/N=C(\C)CC(C)C. The highest BCUT2D eigenvalue weighted by molar-refractivity contribution is 5.82. The van der Waals surface area contributed by atoms with E-state index in [0.717, 1.165) is 37.8 Å². The molecule has 0 aromatic heterocycles. The van der Waals surface area contributed by atoms with Gasteiger partial charge in [-0.3, -0.25) is 9.98 Å². The van der Waals surface area contributed by atoms with Crippen LogP contribution in [0.15, 0.2) is 9.98 Å². The van der Waals surface area contributed by atoms with Gasteiger partial charge in [-0.2, -0.15) is 0 Å². The van der Waals surface area contributed by atoms with Gasteiger partial charge in [0.1, 0.15) is 0 Å². The second-order valence-electron chi connectivity index (χ2n) is 6.84. The van der Waals surface area contributed by atoms with Crippen molar-refractivity contribution in [2.24, 2.45) is 21.8 Å². The number of unbranched alkanes of at least 4 members (excludes halogenated alkanes) is 3. The van der Waals surface area contributed by atoms with E-state index in [1.807, 2.05) is 0 Å². The summed E-state index contributed by atoms with van der Waals surface area (Å²) in [6.45, 7) is 15.3. The Balaban J connectivity index is 3.49. The van der Waals surface area contributed by atoms with Crippen molar-refractivity contribution < 1.29 is 0 Å². The molecule has 0 radical (unpaired) electrons. The average molecular weight is 280 g/mol. The number of hydrogen-bond donors (Lipinski definition) is 0. The molecule has 0 aliphatic rings. The van der Waals surface area contributed by atoms with Gasteiger partial charge in [-0.25, -0.2) is 0 Å². The predicted molar refractivity (Wildman–Crippen MR) is 93.3 cm³/mol. The van der Waals surface area contributed by atoms with E-state index in [9.17, 15) is 0 Å². The van der Waals surface area contributed by atoms with E-state index in [4.69, 9.17) is 0 Å². The highest BCUT2D eigenvalue weighted by atomic mass is 14.7. The first-order chi connectivity index (χ1) is 9.41. The first-order valence-electron chi connectivity index (χ1n) is 8.41. The Morgan fingerprint density at radius 3 is 1.30 bits per heavy atom. The fraction of sp³-hybridized carbons (Fsp3) is 0.889. The molecule has 0 unspecified atom stereocenters. The highest BCUT2D eigenvalue weighted by Crippen LogP contribution is 2.05. The van der Waals surface area contributed by atoms with Gasteiger partial charge in [0.15, 0.2) is 0 Å². The summed E-state index contributed by atoms with van der Waals surface area (Å²) in [5.41, 5.74) is 2.63. The fourth-order valence-corrected chi connectivity index (χ4v) is 2.43. The lowest BCUT2D eigenvalue weighted by Crippen LogP contribution is -2.00. The van der Waals surface area contributed by atoms with E-state index in [1.54, 1.807) is 0 Å². The molecule has 0 aliphatic heterocycles. The summed E-state index contributed by atoms with van der Waals surface area (Å²) in [6.07, 6.45) is 7.32. The molecule has 0 saturated heterocycles. The maximum Gasteiger partial charge on any atom is 0.0388 e. The van der Waals surface area contributed by atoms with Gasteiger partial charge >= 0.3 is 0 Å². The summed E-state index contributed by atoms with van der Waals surface area (Å²) >= 11 is 0. The number of nitrogens with zero attached hydrogens (tertiary/aromatic N) is 2. The minimum atomic E-state index is 0.727. The van der Waals surface area contributed by atoms with Crippen LogP contribution in [0.3, 0.4) is 0 Å². The lowest BCUT2D eigenvalue weighted by Gasteiger charge is -2.05. The van der Waals surface area contributed by atoms with Crippen molar-refractivity contribution in [3.8, 4) is 0 Å². The number of hydrogen-bond acceptors (Lipinski definition) is 2. The van der Waals surface area contributed by atoms with Crippen molar-refractivity contribution >= 4 is 11.4 Å². The van der Waals surface area contributed by atoms with E-state index < -0.39 is 0 Å². The van der Waals surface area contributed by atoms with E-state index in [-0.39, 0.29) is 0 Å². The minimum Gasteiger partial charge on any atom is -0.294 e. The normalized spacial score (nSPS) is 13.6. The third kappa shape index (κ3) is 13.8. The van der Waals surface area contributed by atoms with Crippen LogP contribution in [0.25, 0.3) is 0 Å². The molecule has 0 amide bonds. The third-order valence-electron chi connectivity index (χ3n) is 3.24. The van der Waals surface area contributed by atoms with Crippen molar-refractivity contribution in [1.29, 1.82) is 0 Å². The van der Waals surface area contributed by atoms with Gasteiger partial charge < -0.3 is 0 Å². The zero-order valence-corrected chi connectivity index (χ0v) is 14.7. The van der Waals surface area contributed by atoms with Crippen LogP contribution in [0.2, 0.25) is 0 Å². The van der Waals surface area contributed by atoms with Crippen LogP contribution in [0.4, 0.5) is 0 Å². The minimum absolute atomic E-state index is 0.727. The van der Waals surface area contributed by atoms with Gasteiger partial charge in [0.05, 0.1) is 0 Å². The molecule has 0 rings (SSSR count). The molecule has 0 N–H and O–H groups in total. The lowest BCUT2D eigenvalue weighted by molar-refractivity contribution is 0.644. The summed E-state index contributed by atoms with van der Waals surface area (Å²) in [7, 11) is 0. The summed E-state index contributed by atoms with van der Waals surface area (Å²) in [5, 5.41) is 0. The van der Waals surface area contributed by atoms with Gasteiger partial charge in [0.25, 0.3) is 0 Å². The van der Waals surface area contributed by atoms with Crippen molar-refractivity contribution in [2.45, 2.75) is 80.1 Å². The lowest BCUT2D eigenvalue weighted by atomic mass is 10.1. The van der Waals surface area contributed by atoms with Gasteiger partial charge in [0.2, 0.25) is 0 Å². The van der Waals surface area contributed by atoms with Crippen LogP contribution in [0, 0.1) is 11.8 Å². The van der Waals surface area contributed by atoms with Crippen molar-refractivity contribution in [3.05, 3.63) is 0 Å². The number of aliphatic imine (C=N–C) groups is 2. The molecular formula is C18H36N2. The Hall–Kier alpha value is -0.660. The Bertz CT molecular complexity index is 258. The van der Waals surface area contributed by atoms with E-state index >= 15 is 0 Å². The zero-order valence-electron chi connectivity index (χ0n) is 14.7. The first kappa shape index (κ1) is 19.3. The summed E-state index contributed by atoms with van der Waals surface area (Å²) < 4.78 is 0. The Labute approximate surface area is 127 Å². The van der Waals surface area contributed by atoms with Crippen LogP contribution in [-0.4, -0.2) is 24.5 Å². The molecule has 0 aromatic carbocycles. The standard InChI is InChI=1S/C18H36N2/c1-15(2)13-17(5)19-11-9-7-8-10-12-20-18(6)14-16(3)4/h15-16H,7-14H2,1-6H3/b19-17-,20-18+. The van der Waals surface area contributed by atoms with Gasteiger partial charge in [-0.05, 0) is 51.4 Å². The molecule has 0 aromatic rings. The van der Waals surface area contributed by atoms with Crippen LogP contribution in [0.5, 0.6) is 0 Å². The van der Waals surface area contributed by atoms with Crippen molar-refractivity contribution in [2.75, 3.05) is 13.1 Å². The topological polar surface area (TPSA) is 24.7 Å². The average Bonchev–Trinajstić information content (AvgIpc) is 2.30. The molecular weight excluding hydrogens is 244 g/mol.